The number of para-hydroxylation sites is 1. The standard InChI is InChI=1S/C25H31N3O/c1-2-14-28(22-16-19-9-3-4-10-20(19)17-22)15-8-7-13-26-25(29)24-18-21-11-5-6-12-23(21)27-24/h3-6,9-12,18,22,27H,2,7-8,13-17H2,1H3,(H,26,29). The summed E-state index contributed by atoms with van der Waals surface area (Å²) >= 11 is 0. The van der Waals surface area contributed by atoms with Gasteiger partial charge in [0.05, 0.1) is 0 Å². The highest BCUT2D eigenvalue weighted by molar-refractivity contribution is 5.97. The van der Waals surface area contributed by atoms with Crippen LogP contribution in [-0.2, 0) is 12.8 Å². The van der Waals surface area contributed by atoms with Crippen LogP contribution in [0.4, 0.5) is 0 Å². The number of hydrogen-bond acceptors (Lipinski definition) is 2. The molecule has 1 aliphatic rings. The third-order valence-corrected chi connectivity index (χ3v) is 5.99. The summed E-state index contributed by atoms with van der Waals surface area (Å²) in [6, 6.07) is 19.4. The first-order valence-corrected chi connectivity index (χ1v) is 10.9. The molecule has 0 spiro atoms. The lowest BCUT2D eigenvalue weighted by atomic mass is 10.1. The van der Waals surface area contributed by atoms with Gasteiger partial charge in [0.15, 0.2) is 0 Å². The maximum atomic E-state index is 12.4. The lowest BCUT2D eigenvalue weighted by Gasteiger charge is -2.28. The highest BCUT2D eigenvalue weighted by Crippen LogP contribution is 2.25. The van der Waals surface area contributed by atoms with E-state index in [-0.39, 0.29) is 5.91 Å². The molecule has 2 N–H and O–H groups in total. The quantitative estimate of drug-likeness (QED) is 0.527. The monoisotopic (exact) mass is 389 g/mol. The third-order valence-electron chi connectivity index (χ3n) is 5.99. The highest BCUT2D eigenvalue weighted by Gasteiger charge is 2.25. The van der Waals surface area contributed by atoms with E-state index < -0.39 is 0 Å². The van der Waals surface area contributed by atoms with E-state index in [9.17, 15) is 4.79 Å². The van der Waals surface area contributed by atoms with Crippen molar-refractivity contribution < 1.29 is 4.79 Å². The second-order valence-electron chi connectivity index (χ2n) is 8.10. The maximum Gasteiger partial charge on any atom is 0.267 e. The number of aromatic nitrogens is 1. The van der Waals surface area contributed by atoms with Crippen LogP contribution in [0.15, 0.2) is 54.6 Å². The molecule has 0 aliphatic heterocycles. The molecule has 0 atom stereocenters. The van der Waals surface area contributed by atoms with Crippen molar-refractivity contribution in [2.45, 2.75) is 45.1 Å². The van der Waals surface area contributed by atoms with E-state index in [0.29, 0.717) is 11.7 Å². The Morgan fingerprint density at radius 1 is 1.03 bits per heavy atom. The Morgan fingerprint density at radius 2 is 1.76 bits per heavy atom. The second kappa shape index (κ2) is 9.27. The average Bonchev–Trinajstić information content (AvgIpc) is 3.36. The Hall–Kier alpha value is -2.59. The van der Waals surface area contributed by atoms with Gasteiger partial charge in [0, 0.05) is 23.5 Å². The predicted octanol–water partition coefficient (Wildman–Crippen LogP) is 4.56. The first-order valence-electron chi connectivity index (χ1n) is 10.9. The maximum absolute atomic E-state index is 12.4. The second-order valence-corrected chi connectivity index (χ2v) is 8.10. The van der Waals surface area contributed by atoms with Gasteiger partial charge in [-0.2, -0.15) is 0 Å². The molecule has 29 heavy (non-hydrogen) atoms. The van der Waals surface area contributed by atoms with Crippen molar-refractivity contribution >= 4 is 16.8 Å². The number of carbonyl (C=O) groups excluding carboxylic acids is 1. The minimum absolute atomic E-state index is 0.0159. The molecule has 4 rings (SSSR count). The fraction of sp³-hybridized carbons (Fsp3) is 0.400. The van der Waals surface area contributed by atoms with Crippen molar-refractivity contribution in [3.8, 4) is 0 Å². The van der Waals surface area contributed by atoms with E-state index in [0.717, 1.165) is 43.4 Å². The minimum Gasteiger partial charge on any atom is -0.351 e. The number of aromatic amines is 1. The van der Waals surface area contributed by atoms with Crippen LogP contribution in [-0.4, -0.2) is 41.5 Å². The van der Waals surface area contributed by atoms with Crippen LogP contribution >= 0.6 is 0 Å². The van der Waals surface area contributed by atoms with Crippen LogP contribution in [0, 0.1) is 0 Å². The number of H-pyrrole nitrogens is 1. The number of rotatable bonds is 9. The Balaban J connectivity index is 1.22. The number of unbranched alkanes of at least 4 members (excludes halogenated alkanes) is 1. The summed E-state index contributed by atoms with van der Waals surface area (Å²) in [5, 5.41) is 4.14. The van der Waals surface area contributed by atoms with Gasteiger partial charge in [-0.15, -0.1) is 0 Å². The van der Waals surface area contributed by atoms with Crippen LogP contribution in [0.1, 0.15) is 47.8 Å². The summed E-state index contributed by atoms with van der Waals surface area (Å²) < 4.78 is 0. The zero-order valence-corrected chi connectivity index (χ0v) is 17.3. The lowest BCUT2D eigenvalue weighted by Crippen LogP contribution is -2.37. The summed E-state index contributed by atoms with van der Waals surface area (Å²) in [5.41, 5.74) is 4.68. The Labute approximate surface area is 173 Å². The number of amides is 1. The van der Waals surface area contributed by atoms with E-state index in [2.05, 4.69) is 46.4 Å². The molecule has 0 saturated carbocycles. The summed E-state index contributed by atoms with van der Waals surface area (Å²) in [6.45, 7) is 5.24. The molecular formula is C25H31N3O. The van der Waals surface area contributed by atoms with E-state index >= 15 is 0 Å². The molecule has 1 heterocycles. The zero-order chi connectivity index (χ0) is 20.1. The molecule has 0 fully saturated rings. The van der Waals surface area contributed by atoms with E-state index in [1.165, 1.54) is 30.4 Å². The van der Waals surface area contributed by atoms with Crippen LogP contribution in [0.25, 0.3) is 10.9 Å². The molecule has 0 saturated heterocycles. The molecule has 1 amide bonds. The Kier molecular flexibility index (Phi) is 6.30. The largest absolute Gasteiger partial charge is 0.351 e. The van der Waals surface area contributed by atoms with E-state index in [1.54, 1.807) is 0 Å². The van der Waals surface area contributed by atoms with Gasteiger partial charge in [-0.25, -0.2) is 0 Å². The average molecular weight is 390 g/mol. The number of fused-ring (bicyclic) bond motifs is 2. The summed E-state index contributed by atoms with van der Waals surface area (Å²) in [5.74, 6) is -0.0159. The Morgan fingerprint density at radius 3 is 2.48 bits per heavy atom. The molecular weight excluding hydrogens is 358 g/mol. The molecule has 1 aromatic heterocycles. The number of nitrogens with zero attached hydrogens (tertiary/aromatic N) is 1. The number of hydrogen-bond donors (Lipinski definition) is 2. The first-order chi connectivity index (χ1) is 14.2. The SMILES string of the molecule is CCCN(CCCCNC(=O)c1cc2ccccc2[nH]1)C1Cc2ccccc2C1. The van der Waals surface area contributed by atoms with Gasteiger partial charge in [0.2, 0.25) is 0 Å². The molecule has 1 aliphatic carbocycles. The topological polar surface area (TPSA) is 48.1 Å². The lowest BCUT2D eigenvalue weighted by molar-refractivity contribution is 0.0948. The van der Waals surface area contributed by atoms with Gasteiger partial charge in [-0.1, -0.05) is 49.4 Å². The van der Waals surface area contributed by atoms with Crippen LogP contribution < -0.4 is 5.32 Å². The molecule has 4 heteroatoms. The van der Waals surface area contributed by atoms with Crippen molar-refractivity contribution in [2.75, 3.05) is 19.6 Å². The smallest absolute Gasteiger partial charge is 0.267 e. The summed E-state index contributed by atoms with van der Waals surface area (Å²) in [6.07, 6.45) is 5.65. The molecule has 0 unspecified atom stereocenters. The van der Waals surface area contributed by atoms with Crippen LogP contribution in [0.3, 0.4) is 0 Å². The molecule has 0 radical (unpaired) electrons. The van der Waals surface area contributed by atoms with E-state index in [4.69, 9.17) is 0 Å². The zero-order valence-electron chi connectivity index (χ0n) is 17.3. The van der Waals surface area contributed by atoms with Gasteiger partial charge < -0.3 is 10.3 Å². The first kappa shape index (κ1) is 19.7. The fourth-order valence-corrected chi connectivity index (χ4v) is 4.49. The Bertz CT molecular complexity index is 903. The number of nitrogens with one attached hydrogen (secondary N) is 2. The van der Waals surface area contributed by atoms with Gasteiger partial charge in [0.1, 0.15) is 5.69 Å². The van der Waals surface area contributed by atoms with Crippen molar-refractivity contribution in [2.24, 2.45) is 0 Å². The normalized spacial score (nSPS) is 13.9. The molecule has 4 nitrogen and oxygen atoms in total. The number of carbonyl (C=O) groups is 1. The molecule has 0 bridgehead atoms. The van der Waals surface area contributed by atoms with Gasteiger partial charge in [-0.3, -0.25) is 9.69 Å². The number of benzene rings is 2. The third kappa shape index (κ3) is 4.70. The van der Waals surface area contributed by atoms with Crippen LogP contribution in [0.2, 0.25) is 0 Å². The molecule has 2 aromatic carbocycles. The molecule has 152 valence electrons. The van der Waals surface area contributed by atoms with Crippen molar-refractivity contribution in [3.05, 3.63) is 71.4 Å². The van der Waals surface area contributed by atoms with Gasteiger partial charge >= 0.3 is 0 Å². The minimum atomic E-state index is -0.0159. The van der Waals surface area contributed by atoms with Crippen molar-refractivity contribution in [1.82, 2.24) is 15.2 Å². The summed E-state index contributed by atoms with van der Waals surface area (Å²) in [4.78, 5) is 18.2. The van der Waals surface area contributed by atoms with Gasteiger partial charge in [0.25, 0.3) is 5.91 Å². The van der Waals surface area contributed by atoms with Gasteiger partial charge in [-0.05, 0) is 68.5 Å². The van der Waals surface area contributed by atoms with Crippen molar-refractivity contribution in [3.63, 3.8) is 0 Å². The van der Waals surface area contributed by atoms with Crippen molar-refractivity contribution in [1.29, 1.82) is 0 Å². The van der Waals surface area contributed by atoms with E-state index in [1.807, 2.05) is 30.3 Å². The fourth-order valence-electron chi connectivity index (χ4n) is 4.49. The molecule has 3 aromatic rings. The highest BCUT2D eigenvalue weighted by atomic mass is 16.1. The van der Waals surface area contributed by atoms with Crippen LogP contribution in [0.5, 0.6) is 0 Å². The summed E-state index contributed by atoms with van der Waals surface area (Å²) in [7, 11) is 0. The predicted molar refractivity (Wildman–Crippen MR) is 119 cm³/mol.